The maximum absolute atomic E-state index is 12.8. The van der Waals surface area contributed by atoms with Crippen LogP contribution in [0, 0.1) is 0 Å². The molecule has 1 aromatic heterocycles. The van der Waals surface area contributed by atoms with Gasteiger partial charge in [-0.15, -0.1) is 0 Å². The molecule has 0 aliphatic carbocycles. The first kappa shape index (κ1) is 19.5. The van der Waals surface area contributed by atoms with Gasteiger partial charge < -0.3 is 9.30 Å². The molecule has 0 fully saturated rings. The monoisotopic (exact) mass is 402 g/mol. The third kappa shape index (κ3) is 3.62. The van der Waals surface area contributed by atoms with Crippen LogP contribution in [0.4, 0.5) is 13.2 Å². The molecule has 0 atom stereocenters. The predicted octanol–water partition coefficient (Wildman–Crippen LogP) is 4.54. The van der Waals surface area contributed by atoms with Gasteiger partial charge in [0.05, 0.1) is 18.2 Å². The van der Waals surface area contributed by atoms with Crippen molar-refractivity contribution in [3.63, 3.8) is 0 Å². The Hall–Kier alpha value is -2.80. The average Bonchev–Trinajstić information content (AvgIpc) is 2.98. The quantitative estimate of drug-likeness (QED) is 0.603. The molecule has 0 saturated carbocycles. The summed E-state index contributed by atoms with van der Waals surface area (Å²) in [7, 11) is 3.38. The highest BCUT2D eigenvalue weighted by molar-refractivity contribution is 5.96. The van der Waals surface area contributed by atoms with E-state index in [1.165, 1.54) is 24.9 Å². The van der Waals surface area contributed by atoms with E-state index in [1.54, 1.807) is 6.07 Å². The Bertz CT molecular complexity index is 1070. The Morgan fingerprint density at radius 1 is 1.14 bits per heavy atom. The molecule has 0 amide bonds. The largest absolute Gasteiger partial charge is 0.465 e. The number of methoxy groups -OCH3 is 1. The fraction of sp³-hybridized carbons (Fsp3) is 0.318. The van der Waals surface area contributed by atoms with E-state index in [2.05, 4.69) is 9.47 Å². The summed E-state index contributed by atoms with van der Waals surface area (Å²) in [6.45, 7) is 2.07. The molecule has 1 aliphatic heterocycles. The number of hydrogen-bond acceptors (Lipinski definition) is 3. The lowest BCUT2D eigenvalue weighted by Crippen LogP contribution is -2.30. The first-order chi connectivity index (χ1) is 13.8. The molecule has 2 aromatic carbocycles. The number of ether oxygens (including phenoxy) is 1. The minimum atomic E-state index is -4.32. The lowest BCUT2D eigenvalue weighted by atomic mass is 10.0. The molecule has 152 valence electrons. The smallest absolute Gasteiger partial charge is 0.416 e. The number of esters is 1. The number of halogens is 3. The SMILES string of the molecule is COC(=O)c1ccc2c(c1)c1c(n2C)CCN(Cc2ccc(C(F)(F)F)cc2)C1. The molecule has 0 saturated heterocycles. The van der Waals surface area contributed by atoms with Gasteiger partial charge >= 0.3 is 12.1 Å². The van der Waals surface area contributed by atoms with Crippen LogP contribution in [0.25, 0.3) is 10.9 Å². The molecule has 3 aromatic rings. The Labute approximate surface area is 166 Å². The number of fused-ring (bicyclic) bond motifs is 3. The van der Waals surface area contributed by atoms with Gasteiger partial charge in [0, 0.05) is 49.7 Å². The zero-order chi connectivity index (χ0) is 20.8. The van der Waals surface area contributed by atoms with Crippen molar-refractivity contribution < 1.29 is 22.7 Å². The third-order valence-electron chi connectivity index (χ3n) is 5.59. The molecule has 0 unspecified atom stereocenters. The van der Waals surface area contributed by atoms with Crippen molar-refractivity contribution in [2.24, 2.45) is 7.05 Å². The number of carbonyl (C=O) groups is 1. The van der Waals surface area contributed by atoms with Crippen molar-refractivity contribution in [3.05, 3.63) is 70.4 Å². The van der Waals surface area contributed by atoms with Crippen molar-refractivity contribution in [3.8, 4) is 0 Å². The van der Waals surface area contributed by atoms with Crippen LogP contribution in [0.15, 0.2) is 42.5 Å². The van der Waals surface area contributed by atoms with Gasteiger partial charge in [-0.05, 0) is 41.5 Å². The maximum atomic E-state index is 12.8. The van der Waals surface area contributed by atoms with Crippen LogP contribution in [-0.2, 0) is 37.5 Å². The van der Waals surface area contributed by atoms with Crippen LogP contribution >= 0.6 is 0 Å². The van der Waals surface area contributed by atoms with Crippen LogP contribution < -0.4 is 0 Å². The van der Waals surface area contributed by atoms with Crippen molar-refractivity contribution in [1.29, 1.82) is 0 Å². The molecule has 7 heteroatoms. The molecule has 0 N–H and O–H groups in total. The van der Waals surface area contributed by atoms with Gasteiger partial charge in [0.25, 0.3) is 0 Å². The fourth-order valence-corrected chi connectivity index (χ4v) is 4.07. The number of aromatic nitrogens is 1. The van der Waals surface area contributed by atoms with Crippen molar-refractivity contribution >= 4 is 16.9 Å². The molecule has 1 aliphatic rings. The van der Waals surface area contributed by atoms with Crippen molar-refractivity contribution in [1.82, 2.24) is 9.47 Å². The van der Waals surface area contributed by atoms with Gasteiger partial charge in [-0.3, -0.25) is 4.90 Å². The van der Waals surface area contributed by atoms with E-state index < -0.39 is 11.7 Å². The van der Waals surface area contributed by atoms with Gasteiger partial charge in [0.2, 0.25) is 0 Å². The first-order valence-electron chi connectivity index (χ1n) is 9.35. The molecule has 0 spiro atoms. The minimum absolute atomic E-state index is 0.373. The van der Waals surface area contributed by atoms with Crippen molar-refractivity contribution in [2.45, 2.75) is 25.7 Å². The number of aryl methyl sites for hydroxylation is 1. The first-order valence-corrected chi connectivity index (χ1v) is 9.35. The fourth-order valence-electron chi connectivity index (χ4n) is 4.07. The number of benzene rings is 2. The standard InChI is InChI=1S/C22H21F3N2O2/c1-26-19-8-5-15(21(28)29-2)11-17(19)18-13-27(10-9-20(18)26)12-14-3-6-16(7-4-14)22(23,24)25/h3-8,11H,9-10,12-13H2,1-2H3. The summed E-state index contributed by atoms with van der Waals surface area (Å²) in [6, 6.07) is 10.9. The second-order valence-electron chi connectivity index (χ2n) is 7.36. The summed E-state index contributed by atoms with van der Waals surface area (Å²) in [5.41, 5.74) is 4.16. The van der Waals surface area contributed by atoms with E-state index in [-0.39, 0.29) is 5.97 Å². The number of carbonyl (C=O) groups excluding carboxylic acids is 1. The van der Waals surface area contributed by atoms with E-state index in [0.29, 0.717) is 18.7 Å². The number of alkyl halides is 3. The minimum Gasteiger partial charge on any atom is -0.465 e. The summed E-state index contributed by atoms with van der Waals surface area (Å²) >= 11 is 0. The highest BCUT2D eigenvalue weighted by Gasteiger charge is 2.30. The van der Waals surface area contributed by atoms with E-state index in [4.69, 9.17) is 4.74 Å². The molecule has 29 heavy (non-hydrogen) atoms. The number of nitrogens with zero attached hydrogens (tertiary/aromatic N) is 2. The molecular weight excluding hydrogens is 381 g/mol. The predicted molar refractivity (Wildman–Crippen MR) is 104 cm³/mol. The van der Waals surface area contributed by atoms with Gasteiger partial charge in [0.1, 0.15) is 0 Å². The van der Waals surface area contributed by atoms with Crippen molar-refractivity contribution in [2.75, 3.05) is 13.7 Å². The summed E-state index contributed by atoms with van der Waals surface area (Å²) in [5.74, 6) is -0.373. The Morgan fingerprint density at radius 3 is 2.52 bits per heavy atom. The van der Waals surface area contributed by atoms with Gasteiger partial charge in [-0.2, -0.15) is 13.2 Å². The van der Waals surface area contributed by atoms with E-state index in [0.717, 1.165) is 47.1 Å². The van der Waals surface area contributed by atoms with Gasteiger partial charge in [0.15, 0.2) is 0 Å². The molecule has 2 heterocycles. The maximum Gasteiger partial charge on any atom is 0.416 e. The average molecular weight is 402 g/mol. The highest BCUT2D eigenvalue weighted by Crippen LogP contribution is 2.32. The summed E-state index contributed by atoms with van der Waals surface area (Å²) < 4.78 is 45.3. The lowest BCUT2D eigenvalue weighted by molar-refractivity contribution is -0.137. The molecule has 0 bridgehead atoms. The molecule has 4 nitrogen and oxygen atoms in total. The van der Waals surface area contributed by atoms with Crippen LogP contribution in [0.5, 0.6) is 0 Å². The second kappa shape index (κ2) is 7.22. The number of hydrogen-bond donors (Lipinski definition) is 0. The van der Waals surface area contributed by atoms with E-state index in [1.807, 2.05) is 19.2 Å². The van der Waals surface area contributed by atoms with E-state index in [9.17, 15) is 18.0 Å². The molecule has 0 radical (unpaired) electrons. The van der Waals surface area contributed by atoms with Gasteiger partial charge in [-0.25, -0.2) is 4.79 Å². The Morgan fingerprint density at radius 2 is 1.86 bits per heavy atom. The number of rotatable bonds is 3. The summed E-state index contributed by atoms with van der Waals surface area (Å²) in [6.07, 6.45) is -3.48. The highest BCUT2D eigenvalue weighted by atomic mass is 19.4. The normalized spacial score (nSPS) is 14.8. The van der Waals surface area contributed by atoms with Crippen LogP contribution in [0.3, 0.4) is 0 Å². The topological polar surface area (TPSA) is 34.5 Å². The second-order valence-corrected chi connectivity index (χ2v) is 7.36. The van der Waals surface area contributed by atoms with Gasteiger partial charge in [-0.1, -0.05) is 12.1 Å². The summed E-state index contributed by atoms with van der Waals surface area (Å²) in [4.78, 5) is 14.1. The molecular formula is C22H21F3N2O2. The zero-order valence-electron chi connectivity index (χ0n) is 16.2. The Balaban J connectivity index is 1.60. The van der Waals surface area contributed by atoms with Crippen LogP contribution in [-0.4, -0.2) is 29.1 Å². The molecule has 4 rings (SSSR count). The lowest BCUT2D eigenvalue weighted by Gasteiger charge is -2.28. The summed E-state index contributed by atoms with van der Waals surface area (Å²) in [5, 5.41) is 1.02. The van der Waals surface area contributed by atoms with E-state index >= 15 is 0 Å². The van der Waals surface area contributed by atoms with Crippen LogP contribution in [0.1, 0.15) is 32.7 Å². The Kier molecular flexibility index (Phi) is 4.86. The third-order valence-corrected chi connectivity index (χ3v) is 5.59. The van der Waals surface area contributed by atoms with Crippen LogP contribution in [0.2, 0.25) is 0 Å². The zero-order valence-corrected chi connectivity index (χ0v) is 16.2.